The normalized spacial score (nSPS) is 16.7. The van der Waals surface area contributed by atoms with Gasteiger partial charge in [0.05, 0.1) is 0 Å². The Hall–Kier alpha value is -5.71. The summed E-state index contributed by atoms with van der Waals surface area (Å²) in [6.07, 6.45) is -0.462. The fourth-order valence-electron chi connectivity index (χ4n) is 6.68. The van der Waals surface area contributed by atoms with E-state index < -0.39 is 0 Å². The molecule has 8 aromatic rings. The molecular weight excluding hydrogens is 550 g/mol. The first-order valence-electron chi connectivity index (χ1n) is 15.4. The van der Waals surface area contributed by atoms with E-state index in [1.807, 2.05) is 12.1 Å². The quantitative estimate of drug-likeness (QED) is 0.218. The summed E-state index contributed by atoms with van der Waals surface area (Å²) in [6, 6.07) is 53.3. The Balaban J connectivity index is 1.26. The number of benzene rings is 7. The molecule has 214 valence electrons. The number of hydrogen-bond acceptors (Lipinski definition) is 4. The van der Waals surface area contributed by atoms with Gasteiger partial charge >= 0.3 is 0 Å². The van der Waals surface area contributed by atoms with Crippen molar-refractivity contribution in [3.63, 3.8) is 0 Å². The predicted molar refractivity (Wildman–Crippen MR) is 185 cm³/mol. The lowest BCUT2D eigenvalue weighted by atomic mass is 9.95. The van der Waals surface area contributed by atoms with Crippen LogP contribution in [0.25, 0.3) is 54.6 Å². The molecule has 7 aromatic carbocycles. The molecule has 0 saturated carbocycles. The van der Waals surface area contributed by atoms with Crippen molar-refractivity contribution in [1.29, 1.82) is 0 Å². The Morgan fingerprint density at radius 3 is 2.00 bits per heavy atom. The second-order valence-electron chi connectivity index (χ2n) is 11.7. The van der Waals surface area contributed by atoms with E-state index >= 15 is 0 Å². The van der Waals surface area contributed by atoms with Crippen LogP contribution in [0.3, 0.4) is 0 Å². The van der Waals surface area contributed by atoms with Gasteiger partial charge in [-0.05, 0) is 50.9 Å². The second kappa shape index (κ2) is 10.5. The van der Waals surface area contributed by atoms with Crippen molar-refractivity contribution in [3.05, 3.63) is 168 Å². The fourth-order valence-corrected chi connectivity index (χ4v) is 6.68. The zero-order chi connectivity index (χ0) is 29.7. The topological polar surface area (TPSA) is 49.6 Å². The van der Waals surface area contributed by atoms with E-state index in [9.17, 15) is 0 Å². The first kappa shape index (κ1) is 25.8. The number of furan rings is 1. The number of nitrogens with one attached hydrogen (secondary N) is 2. The van der Waals surface area contributed by atoms with Crippen LogP contribution < -0.4 is 10.6 Å². The van der Waals surface area contributed by atoms with Crippen LogP contribution in [-0.4, -0.2) is 5.84 Å². The molecule has 2 unspecified atom stereocenters. The molecule has 1 aliphatic heterocycles. The van der Waals surface area contributed by atoms with Gasteiger partial charge in [-0.1, -0.05) is 133 Å². The van der Waals surface area contributed by atoms with Crippen molar-refractivity contribution in [2.45, 2.75) is 12.3 Å². The van der Waals surface area contributed by atoms with Crippen molar-refractivity contribution in [2.24, 2.45) is 4.99 Å². The van der Waals surface area contributed by atoms with Crippen LogP contribution >= 0.6 is 0 Å². The molecule has 0 fully saturated rings. The molecule has 9 rings (SSSR count). The van der Waals surface area contributed by atoms with Crippen molar-refractivity contribution in [2.75, 3.05) is 0 Å². The molecule has 0 aliphatic carbocycles. The maximum absolute atomic E-state index is 6.76. The van der Waals surface area contributed by atoms with Crippen LogP contribution in [0.15, 0.2) is 161 Å². The van der Waals surface area contributed by atoms with E-state index in [-0.39, 0.29) is 12.3 Å². The van der Waals surface area contributed by atoms with Gasteiger partial charge in [-0.25, -0.2) is 4.99 Å². The smallest absolute Gasteiger partial charge is 0.143 e. The molecule has 0 bridgehead atoms. The lowest BCUT2D eigenvalue weighted by Gasteiger charge is -2.32. The minimum Gasteiger partial charge on any atom is -0.455 e. The van der Waals surface area contributed by atoms with E-state index in [1.165, 1.54) is 16.2 Å². The highest BCUT2D eigenvalue weighted by Crippen LogP contribution is 2.42. The molecule has 2 atom stereocenters. The van der Waals surface area contributed by atoms with Crippen LogP contribution in [0.1, 0.15) is 29.0 Å². The SMILES string of the molecule is c1ccc(-c2ccc(C3NC(c4ccc5ccccc5c4)=NC(c4ccccc4)N3)c3c2oc2cc4ccccc4cc23)cc1. The van der Waals surface area contributed by atoms with Gasteiger partial charge in [0.2, 0.25) is 0 Å². The van der Waals surface area contributed by atoms with Crippen molar-refractivity contribution in [3.8, 4) is 11.1 Å². The molecule has 2 heterocycles. The maximum Gasteiger partial charge on any atom is 0.143 e. The van der Waals surface area contributed by atoms with Crippen molar-refractivity contribution < 1.29 is 4.42 Å². The number of nitrogens with zero attached hydrogens (tertiary/aromatic N) is 1. The average molecular weight is 580 g/mol. The number of fused-ring (bicyclic) bond motifs is 5. The molecule has 0 radical (unpaired) electrons. The van der Waals surface area contributed by atoms with E-state index in [2.05, 4.69) is 150 Å². The van der Waals surface area contributed by atoms with Gasteiger partial charge < -0.3 is 9.73 Å². The Bertz CT molecular complexity index is 2390. The van der Waals surface area contributed by atoms with Gasteiger partial charge in [-0.2, -0.15) is 0 Å². The van der Waals surface area contributed by atoms with E-state index in [1.54, 1.807) is 0 Å². The minimum absolute atomic E-state index is 0.228. The third kappa shape index (κ3) is 4.46. The van der Waals surface area contributed by atoms with E-state index in [4.69, 9.17) is 9.41 Å². The predicted octanol–water partition coefficient (Wildman–Crippen LogP) is 9.90. The first-order valence-corrected chi connectivity index (χ1v) is 15.4. The molecule has 2 N–H and O–H groups in total. The molecular formula is C41H29N3O. The Labute approximate surface area is 260 Å². The Morgan fingerprint density at radius 1 is 0.556 bits per heavy atom. The van der Waals surface area contributed by atoms with Gasteiger partial charge in [0.25, 0.3) is 0 Å². The molecule has 1 aliphatic rings. The largest absolute Gasteiger partial charge is 0.455 e. The molecule has 45 heavy (non-hydrogen) atoms. The summed E-state index contributed by atoms with van der Waals surface area (Å²) < 4.78 is 6.76. The van der Waals surface area contributed by atoms with Crippen LogP contribution in [0, 0.1) is 0 Å². The summed E-state index contributed by atoms with van der Waals surface area (Å²) in [7, 11) is 0. The Kier molecular flexibility index (Phi) is 6.00. The van der Waals surface area contributed by atoms with Crippen LogP contribution in [0.4, 0.5) is 0 Å². The summed E-state index contributed by atoms with van der Waals surface area (Å²) in [5, 5.41) is 14.6. The van der Waals surface area contributed by atoms with Crippen molar-refractivity contribution in [1.82, 2.24) is 10.6 Å². The lowest BCUT2D eigenvalue weighted by Crippen LogP contribution is -2.45. The highest BCUT2D eigenvalue weighted by molar-refractivity contribution is 6.15. The zero-order valence-electron chi connectivity index (χ0n) is 24.4. The average Bonchev–Trinajstić information content (AvgIpc) is 3.49. The fraction of sp³-hybridized carbons (Fsp3) is 0.0488. The van der Waals surface area contributed by atoms with E-state index in [0.29, 0.717) is 0 Å². The molecule has 0 spiro atoms. The maximum atomic E-state index is 6.76. The lowest BCUT2D eigenvalue weighted by molar-refractivity contribution is 0.411. The number of aliphatic imine (C=N–C) groups is 1. The monoisotopic (exact) mass is 579 g/mol. The molecule has 0 amide bonds. The summed E-state index contributed by atoms with van der Waals surface area (Å²) in [4.78, 5) is 5.21. The number of hydrogen-bond donors (Lipinski definition) is 2. The third-order valence-corrected chi connectivity index (χ3v) is 8.92. The van der Waals surface area contributed by atoms with Crippen LogP contribution in [-0.2, 0) is 0 Å². The summed E-state index contributed by atoms with van der Waals surface area (Å²) in [5.74, 6) is 0.858. The van der Waals surface area contributed by atoms with Gasteiger partial charge in [-0.3, -0.25) is 5.32 Å². The number of amidine groups is 1. The van der Waals surface area contributed by atoms with Gasteiger partial charge in [0.1, 0.15) is 29.3 Å². The van der Waals surface area contributed by atoms with Crippen LogP contribution in [0.5, 0.6) is 0 Å². The highest BCUT2D eigenvalue weighted by Gasteiger charge is 2.29. The second-order valence-corrected chi connectivity index (χ2v) is 11.7. The summed E-state index contributed by atoms with van der Waals surface area (Å²) in [6.45, 7) is 0. The van der Waals surface area contributed by atoms with Crippen molar-refractivity contribution >= 4 is 49.3 Å². The van der Waals surface area contributed by atoms with Gasteiger partial charge in [0.15, 0.2) is 0 Å². The molecule has 1 aromatic heterocycles. The first-order chi connectivity index (χ1) is 22.3. The standard InChI is InChI=1S/C41H29N3O/c1-3-12-27(13-4-1)33-21-22-34(37-35-24-30-17-9-10-18-31(30)25-36(35)45-38(33)37)41-43-39(28-14-5-2-6-15-28)42-40(44-41)32-20-19-26-11-7-8-16-29(26)23-32/h1-25,39,41,43H,(H,42,44). The minimum atomic E-state index is -0.234. The van der Waals surface area contributed by atoms with Crippen LogP contribution in [0.2, 0.25) is 0 Å². The van der Waals surface area contributed by atoms with E-state index in [0.717, 1.165) is 61.0 Å². The summed E-state index contributed by atoms with van der Waals surface area (Å²) >= 11 is 0. The third-order valence-electron chi connectivity index (χ3n) is 8.92. The molecule has 0 saturated heterocycles. The molecule has 4 heteroatoms. The summed E-state index contributed by atoms with van der Waals surface area (Å²) in [5.41, 5.74) is 7.26. The highest BCUT2D eigenvalue weighted by atomic mass is 16.3. The van der Waals surface area contributed by atoms with Gasteiger partial charge in [0, 0.05) is 27.5 Å². The van der Waals surface area contributed by atoms with Gasteiger partial charge in [-0.15, -0.1) is 0 Å². The zero-order valence-corrected chi connectivity index (χ0v) is 24.4. The Morgan fingerprint density at radius 2 is 1.22 bits per heavy atom. The molecule has 4 nitrogen and oxygen atoms in total. The number of rotatable bonds is 4.